The van der Waals surface area contributed by atoms with E-state index in [0.29, 0.717) is 6.54 Å². The summed E-state index contributed by atoms with van der Waals surface area (Å²) in [6.45, 7) is 4.43. The highest BCUT2D eigenvalue weighted by molar-refractivity contribution is 5.78. The molecule has 0 aliphatic heterocycles. The van der Waals surface area contributed by atoms with Gasteiger partial charge < -0.3 is 15.6 Å². The van der Waals surface area contributed by atoms with Crippen LogP contribution in [0.3, 0.4) is 0 Å². The van der Waals surface area contributed by atoms with Crippen LogP contribution in [0.15, 0.2) is 6.33 Å². The Hall–Kier alpha value is -1.43. The molecule has 2 unspecified atom stereocenters. The van der Waals surface area contributed by atoms with E-state index in [0.717, 1.165) is 18.7 Å². The highest BCUT2D eigenvalue weighted by Gasteiger charge is 2.18. The molecule has 0 aliphatic rings. The van der Waals surface area contributed by atoms with Crippen molar-refractivity contribution in [2.24, 2.45) is 18.7 Å². The molecule has 0 radical (unpaired) electrons. The van der Waals surface area contributed by atoms with Crippen molar-refractivity contribution in [1.29, 1.82) is 0 Å². The Balaban J connectivity index is 2.48. The molecule has 0 spiro atoms. The van der Waals surface area contributed by atoms with Gasteiger partial charge >= 0.3 is 0 Å². The molecule has 96 valence electrons. The molecule has 1 aromatic rings. The second-order valence-electron chi connectivity index (χ2n) is 4.36. The fourth-order valence-electron chi connectivity index (χ4n) is 1.66. The number of nitrogens with one attached hydrogen (secondary N) is 1. The van der Waals surface area contributed by atoms with E-state index in [1.54, 1.807) is 10.9 Å². The number of aromatic nitrogens is 3. The lowest BCUT2D eigenvalue weighted by atomic mass is 10.0. The number of carbonyl (C=O) groups is 1. The number of nitrogens with two attached hydrogens (primary N) is 1. The molecule has 0 saturated carbocycles. The molecular formula is C11H21N5O. The van der Waals surface area contributed by atoms with Gasteiger partial charge in [0.15, 0.2) is 5.82 Å². The third-order valence-corrected chi connectivity index (χ3v) is 2.78. The minimum Gasteiger partial charge on any atom is -0.346 e. The van der Waals surface area contributed by atoms with Crippen molar-refractivity contribution >= 4 is 5.91 Å². The zero-order valence-electron chi connectivity index (χ0n) is 10.7. The van der Waals surface area contributed by atoms with Crippen LogP contribution in [0.2, 0.25) is 0 Å². The summed E-state index contributed by atoms with van der Waals surface area (Å²) in [7, 11) is 1.86. The van der Waals surface area contributed by atoms with Crippen molar-refractivity contribution < 1.29 is 4.79 Å². The summed E-state index contributed by atoms with van der Waals surface area (Å²) in [5.74, 6) is 0.771. The molecule has 3 N–H and O–H groups in total. The van der Waals surface area contributed by atoms with Crippen LogP contribution in [0.25, 0.3) is 0 Å². The SMILES string of the molecule is CC(CCCN)C(=O)NC(C)c1nncn1C. The van der Waals surface area contributed by atoms with Gasteiger partial charge in [-0.2, -0.15) is 0 Å². The van der Waals surface area contributed by atoms with Crippen LogP contribution >= 0.6 is 0 Å². The van der Waals surface area contributed by atoms with Crippen molar-refractivity contribution in [3.05, 3.63) is 12.2 Å². The molecule has 1 rings (SSSR count). The average Bonchev–Trinajstić information content (AvgIpc) is 2.72. The predicted molar refractivity (Wildman–Crippen MR) is 65.0 cm³/mol. The summed E-state index contributed by atoms with van der Waals surface area (Å²) >= 11 is 0. The molecule has 0 fully saturated rings. The number of hydrogen-bond acceptors (Lipinski definition) is 4. The number of rotatable bonds is 6. The highest BCUT2D eigenvalue weighted by atomic mass is 16.1. The number of aryl methyl sites for hydroxylation is 1. The van der Waals surface area contributed by atoms with E-state index in [9.17, 15) is 4.79 Å². The molecule has 6 nitrogen and oxygen atoms in total. The van der Waals surface area contributed by atoms with Gasteiger partial charge in [0.2, 0.25) is 5.91 Å². The monoisotopic (exact) mass is 239 g/mol. The minimum absolute atomic E-state index is 0.0192. The smallest absolute Gasteiger partial charge is 0.223 e. The summed E-state index contributed by atoms with van der Waals surface area (Å²) in [4.78, 5) is 11.9. The van der Waals surface area contributed by atoms with Gasteiger partial charge in [-0.1, -0.05) is 6.92 Å². The molecule has 17 heavy (non-hydrogen) atoms. The largest absolute Gasteiger partial charge is 0.346 e. The summed E-state index contributed by atoms with van der Waals surface area (Å²) in [6, 6.07) is -0.129. The van der Waals surface area contributed by atoms with Gasteiger partial charge in [0.05, 0.1) is 6.04 Å². The van der Waals surface area contributed by atoms with E-state index < -0.39 is 0 Å². The molecule has 2 atom stereocenters. The van der Waals surface area contributed by atoms with E-state index in [-0.39, 0.29) is 17.9 Å². The number of amides is 1. The Morgan fingerprint density at radius 3 is 2.82 bits per heavy atom. The first-order chi connectivity index (χ1) is 8.06. The second kappa shape index (κ2) is 6.34. The molecule has 0 saturated heterocycles. The Morgan fingerprint density at radius 2 is 2.29 bits per heavy atom. The second-order valence-corrected chi connectivity index (χ2v) is 4.36. The normalized spacial score (nSPS) is 14.4. The van der Waals surface area contributed by atoms with Gasteiger partial charge in [0, 0.05) is 13.0 Å². The molecule has 0 aromatic carbocycles. The lowest BCUT2D eigenvalue weighted by Gasteiger charge is -2.16. The van der Waals surface area contributed by atoms with Crippen LogP contribution in [0.4, 0.5) is 0 Å². The third kappa shape index (κ3) is 3.81. The van der Waals surface area contributed by atoms with Gasteiger partial charge in [0.1, 0.15) is 6.33 Å². The average molecular weight is 239 g/mol. The zero-order chi connectivity index (χ0) is 12.8. The lowest BCUT2D eigenvalue weighted by molar-refractivity contribution is -0.125. The highest BCUT2D eigenvalue weighted by Crippen LogP contribution is 2.10. The summed E-state index contributed by atoms with van der Waals surface area (Å²) < 4.78 is 1.80. The van der Waals surface area contributed by atoms with Crippen LogP contribution in [0.1, 0.15) is 38.6 Å². The molecular weight excluding hydrogens is 218 g/mol. The first-order valence-electron chi connectivity index (χ1n) is 5.90. The van der Waals surface area contributed by atoms with Crippen molar-refractivity contribution in [3.63, 3.8) is 0 Å². The molecule has 1 heterocycles. The Bertz CT molecular complexity index is 362. The Kier molecular flexibility index (Phi) is 5.09. The fourth-order valence-corrected chi connectivity index (χ4v) is 1.66. The van der Waals surface area contributed by atoms with E-state index in [1.807, 2.05) is 20.9 Å². The third-order valence-electron chi connectivity index (χ3n) is 2.78. The van der Waals surface area contributed by atoms with Crippen LogP contribution < -0.4 is 11.1 Å². The van der Waals surface area contributed by atoms with Crippen LogP contribution in [-0.2, 0) is 11.8 Å². The van der Waals surface area contributed by atoms with Crippen molar-refractivity contribution in [1.82, 2.24) is 20.1 Å². The molecule has 1 amide bonds. The predicted octanol–water partition coefficient (Wildman–Crippen LogP) is 0.367. The fraction of sp³-hybridized carbons (Fsp3) is 0.727. The summed E-state index contributed by atoms with van der Waals surface area (Å²) in [5, 5.41) is 10.7. The maximum Gasteiger partial charge on any atom is 0.223 e. The Morgan fingerprint density at radius 1 is 1.59 bits per heavy atom. The molecule has 6 heteroatoms. The molecule has 0 aliphatic carbocycles. The summed E-state index contributed by atoms with van der Waals surface area (Å²) in [6.07, 6.45) is 3.30. The first kappa shape index (κ1) is 13.6. The lowest BCUT2D eigenvalue weighted by Crippen LogP contribution is -2.33. The number of hydrogen-bond donors (Lipinski definition) is 2. The molecule has 1 aromatic heterocycles. The standard InChI is InChI=1S/C11H21N5O/c1-8(5-4-6-12)11(17)14-9(2)10-15-13-7-16(10)3/h7-9H,4-6,12H2,1-3H3,(H,14,17). The van der Waals surface area contributed by atoms with Crippen molar-refractivity contribution in [2.45, 2.75) is 32.7 Å². The van der Waals surface area contributed by atoms with Crippen LogP contribution in [0.5, 0.6) is 0 Å². The summed E-state index contributed by atoms with van der Waals surface area (Å²) in [5.41, 5.74) is 5.42. The van der Waals surface area contributed by atoms with Crippen LogP contribution in [-0.4, -0.2) is 27.2 Å². The zero-order valence-corrected chi connectivity index (χ0v) is 10.7. The topological polar surface area (TPSA) is 85.8 Å². The maximum atomic E-state index is 11.9. The maximum absolute atomic E-state index is 11.9. The van der Waals surface area contributed by atoms with Crippen molar-refractivity contribution in [2.75, 3.05) is 6.54 Å². The van der Waals surface area contributed by atoms with Crippen molar-refractivity contribution in [3.8, 4) is 0 Å². The van der Waals surface area contributed by atoms with Gasteiger partial charge in [0.25, 0.3) is 0 Å². The van der Waals surface area contributed by atoms with Gasteiger partial charge in [-0.05, 0) is 26.3 Å². The van der Waals surface area contributed by atoms with Gasteiger partial charge in [-0.25, -0.2) is 0 Å². The van der Waals surface area contributed by atoms with Gasteiger partial charge in [-0.15, -0.1) is 10.2 Å². The van der Waals surface area contributed by atoms with E-state index in [2.05, 4.69) is 15.5 Å². The first-order valence-corrected chi connectivity index (χ1v) is 5.90. The van der Waals surface area contributed by atoms with Crippen LogP contribution in [0, 0.1) is 5.92 Å². The van der Waals surface area contributed by atoms with Gasteiger partial charge in [-0.3, -0.25) is 4.79 Å². The number of nitrogens with zero attached hydrogens (tertiary/aromatic N) is 3. The minimum atomic E-state index is -0.129. The quantitative estimate of drug-likeness (QED) is 0.751. The number of carbonyl (C=O) groups excluding carboxylic acids is 1. The Labute approximate surface area is 102 Å². The van der Waals surface area contributed by atoms with E-state index in [1.165, 1.54) is 0 Å². The van der Waals surface area contributed by atoms with E-state index >= 15 is 0 Å². The van der Waals surface area contributed by atoms with E-state index in [4.69, 9.17) is 5.73 Å². The molecule has 0 bridgehead atoms.